The largest absolute Gasteiger partial charge is 0.427 e. The maximum absolute atomic E-state index is 9.99. The number of benzene rings is 1. The molecule has 98 valence electrons. The molecule has 0 heterocycles. The van der Waals surface area contributed by atoms with Crippen molar-refractivity contribution in [3.8, 4) is 0 Å². The van der Waals surface area contributed by atoms with E-state index < -0.39 is 11.2 Å². The second kappa shape index (κ2) is 5.12. The molecule has 1 aromatic rings. The highest BCUT2D eigenvalue weighted by molar-refractivity contribution is 6.47. The van der Waals surface area contributed by atoms with Crippen LogP contribution in [0.4, 0.5) is 5.69 Å². The van der Waals surface area contributed by atoms with Crippen molar-refractivity contribution >= 4 is 24.8 Å². The van der Waals surface area contributed by atoms with Crippen molar-refractivity contribution in [1.29, 1.82) is 5.41 Å². The van der Waals surface area contributed by atoms with Crippen LogP contribution < -0.4 is 11.2 Å². The van der Waals surface area contributed by atoms with Gasteiger partial charge in [0.05, 0.1) is 11.2 Å². The van der Waals surface area contributed by atoms with Crippen molar-refractivity contribution in [3.63, 3.8) is 0 Å². The summed E-state index contributed by atoms with van der Waals surface area (Å²) in [6, 6.07) is 5.45. The minimum Gasteiger partial charge on any atom is -0.427 e. The maximum atomic E-state index is 9.99. The highest BCUT2D eigenvalue weighted by Crippen LogP contribution is 2.24. The molecule has 0 spiro atoms. The van der Waals surface area contributed by atoms with Gasteiger partial charge in [-0.15, -0.1) is 0 Å². The van der Waals surface area contributed by atoms with E-state index in [-0.39, 0.29) is 0 Å². The third kappa shape index (κ3) is 3.34. The Balaban J connectivity index is 2.78. The zero-order valence-corrected chi connectivity index (χ0v) is 11.4. The molecule has 0 aliphatic carbocycles. The molecular weight excluding hydrogens is 227 g/mol. The lowest BCUT2D eigenvalue weighted by molar-refractivity contribution is -0.0893. The van der Waals surface area contributed by atoms with E-state index in [0.717, 1.165) is 5.46 Å². The first kappa shape index (κ1) is 14.7. The van der Waals surface area contributed by atoms with Crippen LogP contribution in [0.2, 0.25) is 0 Å². The Morgan fingerprint density at radius 2 is 1.94 bits per heavy atom. The highest BCUT2D eigenvalue weighted by atomic mass is 16.5. The van der Waals surface area contributed by atoms with Gasteiger partial charge in [-0.1, -0.05) is 17.6 Å². The zero-order valence-electron chi connectivity index (χ0n) is 11.4. The van der Waals surface area contributed by atoms with Gasteiger partial charge in [0.15, 0.2) is 0 Å². The average Bonchev–Trinajstić information content (AvgIpc) is 2.26. The maximum Gasteiger partial charge on any atom is 0.309 e. The summed E-state index contributed by atoms with van der Waals surface area (Å²) in [4.78, 5) is 0. The van der Waals surface area contributed by atoms with E-state index in [1.807, 2.05) is 26.0 Å². The first-order valence-corrected chi connectivity index (χ1v) is 5.92. The summed E-state index contributed by atoms with van der Waals surface area (Å²) >= 11 is 0. The molecule has 0 saturated carbocycles. The Kier molecular flexibility index (Phi) is 4.19. The van der Waals surface area contributed by atoms with Crippen molar-refractivity contribution in [2.75, 3.05) is 5.73 Å². The van der Waals surface area contributed by atoms with Gasteiger partial charge < -0.3 is 20.9 Å². The Hall–Kier alpha value is -1.33. The van der Waals surface area contributed by atoms with Crippen molar-refractivity contribution in [2.24, 2.45) is 0 Å². The Bertz CT molecular complexity index is 439. The Morgan fingerprint density at radius 3 is 2.44 bits per heavy atom. The normalized spacial score (nSPS) is 12.3. The van der Waals surface area contributed by atoms with E-state index in [2.05, 4.69) is 0 Å². The molecule has 0 bridgehead atoms. The lowest BCUT2D eigenvalue weighted by Gasteiger charge is -2.37. The van der Waals surface area contributed by atoms with Crippen LogP contribution in [0.3, 0.4) is 0 Å². The van der Waals surface area contributed by atoms with Gasteiger partial charge in [0.25, 0.3) is 0 Å². The fourth-order valence-electron chi connectivity index (χ4n) is 1.28. The van der Waals surface area contributed by atoms with E-state index in [1.54, 1.807) is 19.9 Å². The van der Waals surface area contributed by atoms with Gasteiger partial charge in [0, 0.05) is 17.5 Å². The van der Waals surface area contributed by atoms with Crippen LogP contribution >= 0.6 is 0 Å². The van der Waals surface area contributed by atoms with Crippen LogP contribution in [0.5, 0.6) is 0 Å². The molecule has 0 saturated heterocycles. The van der Waals surface area contributed by atoms with E-state index in [4.69, 9.17) is 15.8 Å². The van der Waals surface area contributed by atoms with Crippen molar-refractivity contribution in [2.45, 2.75) is 38.9 Å². The lowest BCUT2D eigenvalue weighted by Crippen LogP contribution is -2.49. The van der Waals surface area contributed by atoms with E-state index in [1.165, 1.54) is 6.21 Å². The van der Waals surface area contributed by atoms with E-state index >= 15 is 0 Å². The lowest BCUT2D eigenvalue weighted by atomic mass is 9.82. The first-order valence-electron chi connectivity index (χ1n) is 5.92. The van der Waals surface area contributed by atoms with Crippen LogP contribution in [0.15, 0.2) is 18.2 Å². The molecule has 1 rings (SSSR count). The number of aliphatic hydroxyl groups is 1. The fourth-order valence-corrected chi connectivity index (χ4v) is 1.28. The third-order valence-electron chi connectivity index (χ3n) is 3.38. The molecule has 0 radical (unpaired) electrons. The molecule has 5 heteroatoms. The van der Waals surface area contributed by atoms with Gasteiger partial charge in [-0.25, -0.2) is 0 Å². The summed E-state index contributed by atoms with van der Waals surface area (Å²) in [5, 5.41) is 17.2. The van der Waals surface area contributed by atoms with Gasteiger partial charge in [-0.05, 0) is 33.8 Å². The predicted molar refractivity (Wildman–Crippen MR) is 77.0 cm³/mol. The molecule has 0 fully saturated rings. The van der Waals surface area contributed by atoms with Crippen LogP contribution in [-0.2, 0) is 4.65 Å². The summed E-state index contributed by atoms with van der Waals surface area (Å²) in [5.74, 6) is 0. The SMILES string of the molecule is CC(C)(O)C(C)(C)OBc1ccc(N)c(C=N)c1. The number of nitrogen functional groups attached to an aromatic ring is 1. The minimum atomic E-state index is -0.925. The highest BCUT2D eigenvalue weighted by Gasteiger charge is 2.35. The molecule has 0 aliphatic heterocycles. The standard InChI is InChI=1S/C13H21BN2O2/c1-12(2,17)13(3,4)18-14-10-5-6-11(16)9(7-10)8-15/h5-8,14-15,17H,16H2,1-4H3. The van der Waals surface area contributed by atoms with Gasteiger partial charge in [-0.3, -0.25) is 0 Å². The van der Waals surface area contributed by atoms with Gasteiger partial charge in [-0.2, -0.15) is 0 Å². The summed E-state index contributed by atoms with van der Waals surface area (Å²) in [6.07, 6.45) is 1.22. The summed E-state index contributed by atoms with van der Waals surface area (Å²) in [7, 11) is 0.373. The third-order valence-corrected chi connectivity index (χ3v) is 3.38. The van der Waals surface area contributed by atoms with Gasteiger partial charge >= 0.3 is 7.48 Å². The minimum absolute atomic E-state index is 0.373. The average molecular weight is 248 g/mol. The predicted octanol–water partition coefficient (Wildman–Crippen LogP) is 0.809. The molecule has 0 aliphatic rings. The molecule has 1 aromatic carbocycles. The van der Waals surface area contributed by atoms with Crippen molar-refractivity contribution in [3.05, 3.63) is 23.8 Å². The van der Waals surface area contributed by atoms with Crippen molar-refractivity contribution < 1.29 is 9.76 Å². The van der Waals surface area contributed by atoms with Crippen LogP contribution in [0.1, 0.15) is 33.3 Å². The number of hydrogen-bond donors (Lipinski definition) is 3. The van der Waals surface area contributed by atoms with Crippen LogP contribution in [-0.4, -0.2) is 30.0 Å². The van der Waals surface area contributed by atoms with E-state index in [0.29, 0.717) is 18.7 Å². The second-order valence-electron chi connectivity index (χ2n) is 5.47. The molecular formula is C13H21BN2O2. The molecule has 4 N–H and O–H groups in total. The molecule has 0 atom stereocenters. The van der Waals surface area contributed by atoms with Crippen LogP contribution in [0, 0.1) is 5.41 Å². The fraction of sp³-hybridized carbons (Fsp3) is 0.462. The Morgan fingerprint density at radius 1 is 1.33 bits per heavy atom. The summed E-state index contributed by atoms with van der Waals surface area (Å²) < 4.78 is 5.75. The number of nitrogens with two attached hydrogens (primary N) is 1. The van der Waals surface area contributed by atoms with E-state index in [9.17, 15) is 5.11 Å². The number of hydrogen-bond acceptors (Lipinski definition) is 4. The number of nitrogens with one attached hydrogen (secondary N) is 1. The molecule has 4 nitrogen and oxygen atoms in total. The van der Waals surface area contributed by atoms with Crippen molar-refractivity contribution in [1.82, 2.24) is 0 Å². The smallest absolute Gasteiger partial charge is 0.309 e. The van der Waals surface area contributed by atoms with Gasteiger partial charge in [0.2, 0.25) is 0 Å². The first-order chi connectivity index (χ1) is 8.17. The quantitative estimate of drug-likeness (QED) is 0.410. The monoisotopic (exact) mass is 248 g/mol. The van der Waals surface area contributed by atoms with Gasteiger partial charge in [0.1, 0.15) is 0 Å². The molecule has 0 aromatic heterocycles. The molecule has 0 unspecified atom stereocenters. The zero-order chi connectivity index (χ0) is 14.0. The number of rotatable bonds is 5. The topological polar surface area (TPSA) is 79.3 Å². The van der Waals surface area contributed by atoms with Crippen LogP contribution in [0.25, 0.3) is 0 Å². The molecule has 0 amide bonds. The number of anilines is 1. The Labute approximate surface area is 109 Å². The summed E-state index contributed by atoms with van der Waals surface area (Å²) in [6.45, 7) is 7.14. The summed E-state index contributed by atoms with van der Waals surface area (Å²) in [5.41, 5.74) is 6.33. The molecule has 18 heavy (non-hydrogen) atoms. The second-order valence-corrected chi connectivity index (χ2v) is 5.47.